The summed E-state index contributed by atoms with van der Waals surface area (Å²) in [5, 5.41) is 32.5. The Morgan fingerprint density at radius 2 is 1.08 bits per heavy atom. The fourth-order valence-electron chi connectivity index (χ4n) is 0.270. The van der Waals surface area contributed by atoms with E-state index >= 15 is 0 Å². The average molecular weight is 246 g/mol. The van der Waals surface area contributed by atoms with E-state index in [4.69, 9.17) is 20.4 Å². The van der Waals surface area contributed by atoms with E-state index in [2.05, 4.69) is 0 Å². The molecule has 0 radical (unpaired) electrons. The first-order valence-corrected chi connectivity index (χ1v) is 2.28. The van der Waals surface area contributed by atoms with Gasteiger partial charge in [-0.15, -0.1) is 0 Å². The van der Waals surface area contributed by atoms with Gasteiger partial charge in [-0.1, -0.05) is 0 Å². The molecule has 0 aromatic heterocycles. The Balaban J connectivity index is -0.000000405. The van der Waals surface area contributed by atoms with E-state index in [1.807, 2.05) is 0 Å². The van der Waals surface area contributed by atoms with Gasteiger partial charge >= 0.3 is 63.3 Å². The standard InChI is InChI=1S/C4H6O6.Fe.K.H/c5-1(3(7)8)2(6)4(9)10;;;/h1-2,5-6H,(H,7,8)(H,9,10);;;. The number of carboxylic acid groups (broad SMARTS) is 2. The van der Waals surface area contributed by atoms with Crippen LogP contribution in [0.5, 0.6) is 0 Å². The summed E-state index contributed by atoms with van der Waals surface area (Å²) in [4.78, 5) is 19.5. The first-order chi connectivity index (χ1) is 4.46. The van der Waals surface area contributed by atoms with Gasteiger partial charge in [-0.05, 0) is 0 Å². The van der Waals surface area contributed by atoms with Crippen molar-refractivity contribution in [2.75, 3.05) is 0 Å². The number of carboxylic acids is 2. The second-order valence-electron chi connectivity index (χ2n) is 1.57. The second kappa shape index (κ2) is 8.61. The molecule has 0 bridgehead atoms. The van der Waals surface area contributed by atoms with Crippen molar-refractivity contribution in [1.29, 1.82) is 0 Å². The molecule has 2 unspecified atom stereocenters. The van der Waals surface area contributed by atoms with Crippen molar-refractivity contribution in [1.82, 2.24) is 0 Å². The van der Waals surface area contributed by atoms with Gasteiger partial charge in [-0.2, -0.15) is 0 Å². The molecule has 0 aliphatic rings. The molecule has 0 saturated heterocycles. The van der Waals surface area contributed by atoms with Crippen LogP contribution in [0.3, 0.4) is 0 Å². The van der Waals surface area contributed by atoms with Gasteiger partial charge in [-0.3, -0.25) is 0 Å². The minimum atomic E-state index is -2.27. The van der Waals surface area contributed by atoms with E-state index < -0.39 is 24.1 Å². The summed E-state index contributed by atoms with van der Waals surface area (Å²) < 4.78 is 0. The molecule has 6 nitrogen and oxygen atoms in total. The number of hydrogen-bond donors (Lipinski definition) is 4. The molecule has 2 atom stereocenters. The zero-order chi connectivity index (χ0) is 8.31. The van der Waals surface area contributed by atoms with Crippen LogP contribution in [-0.4, -0.2) is 96.0 Å². The third-order valence-electron chi connectivity index (χ3n) is 0.805. The molecular weight excluding hydrogens is 239 g/mol. The Bertz CT molecular complexity index is 144. The maximum absolute atomic E-state index is 9.77. The molecule has 0 saturated carbocycles. The van der Waals surface area contributed by atoms with Crippen LogP contribution in [-0.2, 0) is 26.7 Å². The molecular formula is C4H7FeKO6. The summed E-state index contributed by atoms with van der Waals surface area (Å²) in [6, 6.07) is 0. The first kappa shape index (κ1) is 18.7. The van der Waals surface area contributed by atoms with Crippen LogP contribution in [0.2, 0.25) is 0 Å². The third kappa shape index (κ3) is 6.52. The Kier molecular flexibility index (Phi) is 13.4. The van der Waals surface area contributed by atoms with Crippen molar-refractivity contribution in [3.05, 3.63) is 0 Å². The Hall–Kier alpha value is 1.02. The summed E-state index contributed by atoms with van der Waals surface area (Å²) >= 11 is 0. The zero-order valence-electron chi connectivity index (χ0n) is 5.11. The molecule has 0 aromatic carbocycles. The number of hydrogen-bond acceptors (Lipinski definition) is 4. The molecule has 0 spiro atoms. The van der Waals surface area contributed by atoms with Crippen molar-refractivity contribution in [2.24, 2.45) is 0 Å². The topological polar surface area (TPSA) is 115 Å². The van der Waals surface area contributed by atoms with Crippen LogP contribution in [0.25, 0.3) is 0 Å². The van der Waals surface area contributed by atoms with Crippen molar-refractivity contribution in [3.63, 3.8) is 0 Å². The Morgan fingerprint density at radius 3 is 1.17 bits per heavy atom. The van der Waals surface area contributed by atoms with Crippen LogP contribution in [0.4, 0.5) is 0 Å². The van der Waals surface area contributed by atoms with Gasteiger partial charge in [0.05, 0.1) is 0 Å². The number of rotatable bonds is 3. The van der Waals surface area contributed by atoms with E-state index in [-0.39, 0.29) is 68.5 Å². The van der Waals surface area contributed by atoms with Crippen LogP contribution >= 0.6 is 0 Å². The molecule has 4 N–H and O–H groups in total. The predicted molar refractivity (Wildman–Crippen MR) is 34.4 cm³/mol. The predicted octanol–water partition coefficient (Wildman–Crippen LogP) is -2.77. The van der Waals surface area contributed by atoms with E-state index in [9.17, 15) is 9.59 Å². The van der Waals surface area contributed by atoms with Crippen molar-refractivity contribution in [2.45, 2.75) is 12.2 Å². The molecule has 68 valence electrons. The van der Waals surface area contributed by atoms with Crippen molar-refractivity contribution < 1.29 is 47.1 Å². The van der Waals surface area contributed by atoms with Gasteiger partial charge in [0.1, 0.15) is 0 Å². The van der Waals surface area contributed by atoms with Gasteiger partial charge in [0.15, 0.2) is 12.2 Å². The quantitative estimate of drug-likeness (QED) is 0.400. The monoisotopic (exact) mass is 246 g/mol. The van der Waals surface area contributed by atoms with Gasteiger partial charge < -0.3 is 20.4 Å². The van der Waals surface area contributed by atoms with E-state index in [1.54, 1.807) is 0 Å². The molecule has 0 heterocycles. The normalized spacial score (nSPS) is 13.2. The summed E-state index contributed by atoms with van der Waals surface area (Å²) in [6.45, 7) is 0. The minimum absolute atomic E-state index is 0. The molecule has 8 heteroatoms. The van der Waals surface area contributed by atoms with E-state index in [1.165, 1.54) is 0 Å². The molecule has 0 fully saturated rings. The fourth-order valence-corrected chi connectivity index (χ4v) is 0.270. The Morgan fingerprint density at radius 1 is 0.917 bits per heavy atom. The summed E-state index contributed by atoms with van der Waals surface area (Å²) in [5.74, 6) is -3.54. The number of aliphatic hydroxyl groups excluding tert-OH is 2. The number of aliphatic carboxylic acids is 2. The second-order valence-corrected chi connectivity index (χ2v) is 1.57. The molecule has 0 aliphatic carbocycles. The summed E-state index contributed by atoms with van der Waals surface area (Å²) in [6.07, 6.45) is -4.53. The van der Waals surface area contributed by atoms with Crippen LogP contribution < -0.4 is 0 Å². The maximum atomic E-state index is 9.77. The van der Waals surface area contributed by atoms with Crippen molar-refractivity contribution >= 4 is 63.3 Å². The Labute approximate surface area is 121 Å². The van der Waals surface area contributed by atoms with E-state index in [0.717, 1.165) is 0 Å². The molecule has 12 heavy (non-hydrogen) atoms. The van der Waals surface area contributed by atoms with Crippen LogP contribution in [0, 0.1) is 0 Å². The number of carbonyl (C=O) groups is 2. The van der Waals surface area contributed by atoms with Gasteiger partial charge in [-0.25, -0.2) is 9.59 Å². The molecule has 0 aromatic rings. The molecule has 0 amide bonds. The third-order valence-corrected chi connectivity index (χ3v) is 0.805. The fraction of sp³-hybridized carbons (Fsp3) is 0.500. The SMILES string of the molecule is O=C(O)C(O)C(O)C(=O)O.[Fe].[KH]. The van der Waals surface area contributed by atoms with Crippen LogP contribution in [0.1, 0.15) is 0 Å². The molecule has 0 rings (SSSR count). The average Bonchev–Trinajstić information content (AvgIpc) is 1.84. The van der Waals surface area contributed by atoms with Gasteiger partial charge in [0.25, 0.3) is 0 Å². The zero-order valence-corrected chi connectivity index (χ0v) is 6.22. The number of aliphatic hydroxyl groups is 2. The summed E-state index contributed by atoms with van der Waals surface area (Å²) in [7, 11) is 0. The van der Waals surface area contributed by atoms with Crippen molar-refractivity contribution in [3.8, 4) is 0 Å². The molecule has 0 aliphatic heterocycles. The summed E-state index contributed by atoms with van der Waals surface area (Å²) in [5.41, 5.74) is 0. The van der Waals surface area contributed by atoms with Gasteiger partial charge in [0.2, 0.25) is 0 Å². The van der Waals surface area contributed by atoms with E-state index in [0.29, 0.717) is 0 Å². The van der Waals surface area contributed by atoms with Gasteiger partial charge in [0, 0.05) is 17.1 Å². The van der Waals surface area contributed by atoms with Crippen LogP contribution in [0.15, 0.2) is 0 Å². The first-order valence-electron chi connectivity index (χ1n) is 2.28.